The number of carbonyl (C=O) groups is 1. The number of hydrazine groups is 1. The minimum absolute atomic E-state index is 0.126. The standard InChI is InChI=1S/C32H44F3N7O/c1-3-29(10-9-24(2)11-16-42(37)22-30(36)27-20-38-23-39-21-27)40-31(43)19-26-8-6-7-25(12-15-41-13-4-5-14-41)17-28(18-26)32(33,34)35/h8-10,17-18,20-23H,3-7,11-16,19,36-37H2,1-2H3,(H,40,43)/b24-9-,25-17+,26-8?,28-18+,29-10+,30-22-. The zero-order valence-electron chi connectivity index (χ0n) is 25.2. The molecule has 1 aromatic rings. The highest BCUT2D eigenvalue weighted by atomic mass is 19.4. The zero-order valence-corrected chi connectivity index (χ0v) is 25.2. The van der Waals surface area contributed by atoms with Crippen molar-refractivity contribution in [1.82, 2.24) is 25.2 Å². The van der Waals surface area contributed by atoms with Gasteiger partial charge >= 0.3 is 6.18 Å². The summed E-state index contributed by atoms with van der Waals surface area (Å²) in [6.07, 6.45) is 14.8. The second-order valence-electron chi connectivity index (χ2n) is 11.0. The van der Waals surface area contributed by atoms with Crippen molar-refractivity contribution in [2.75, 3.05) is 26.2 Å². The second-order valence-corrected chi connectivity index (χ2v) is 11.0. The molecule has 1 aromatic heterocycles. The van der Waals surface area contributed by atoms with Gasteiger partial charge in [-0.25, -0.2) is 15.8 Å². The first-order valence-electron chi connectivity index (χ1n) is 14.8. The molecule has 1 aliphatic carbocycles. The van der Waals surface area contributed by atoms with E-state index in [-0.39, 0.29) is 12.3 Å². The first-order chi connectivity index (χ1) is 20.5. The minimum atomic E-state index is -4.49. The Morgan fingerprint density at radius 2 is 1.88 bits per heavy atom. The number of nitrogens with two attached hydrogens (primary N) is 2. The molecule has 1 amide bonds. The van der Waals surface area contributed by atoms with E-state index in [1.54, 1.807) is 24.7 Å². The van der Waals surface area contributed by atoms with Gasteiger partial charge in [-0.1, -0.05) is 36.3 Å². The van der Waals surface area contributed by atoms with Crippen LogP contribution in [0.5, 0.6) is 0 Å². The van der Waals surface area contributed by atoms with E-state index in [4.69, 9.17) is 11.6 Å². The highest BCUT2D eigenvalue weighted by Gasteiger charge is 2.33. The molecule has 0 radical (unpaired) electrons. The third-order valence-electron chi connectivity index (χ3n) is 7.43. The molecule has 0 atom stereocenters. The highest BCUT2D eigenvalue weighted by Crippen LogP contribution is 2.32. The number of hydrogen-bond acceptors (Lipinski definition) is 7. The van der Waals surface area contributed by atoms with Crippen LogP contribution in [0, 0.1) is 0 Å². The van der Waals surface area contributed by atoms with Gasteiger partial charge in [-0.3, -0.25) is 4.79 Å². The van der Waals surface area contributed by atoms with E-state index >= 15 is 0 Å². The van der Waals surface area contributed by atoms with Crippen molar-refractivity contribution in [3.8, 4) is 0 Å². The van der Waals surface area contributed by atoms with E-state index in [1.165, 1.54) is 17.4 Å². The molecule has 1 saturated heterocycles. The van der Waals surface area contributed by atoms with Gasteiger partial charge in [-0.15, -0.1) is 0 Å². The van der Waals surface area contributed by atoms with E-state index in [0.29, 0.717) is 61.2 Å². The van der Waals surface area contributed by atoms with Crippen LogP contribution in [0.25, 0.3) is 5.70 Å². The molecular formula is C32H44F3N7O. The molecule has 0 spiro atoms. The Morgan fingerprint density at radius 1 is 1.16 bits per heavy atom. The van der Waals surface area contributed by atoms with Gasteiger partial charge in [-0.2, -0.15) is 13.2 Å². The van der Waals surface area contributed by atoms with Crippen molar-refractivity contribution in [2.24, 2.45) is 11.6 Å². The van der Waals surface area contributed by atoms with Crippen molar-refractivity contribution in [3.63, 3.8) is 0 Å². The number of nitrogens with one attached hydrogen (secondary N) is 1. The number of hydrogen-bond donors (Lipinski definition) is 3. The number of rotatable bonds is 13. The van der Waals surface area contributed by atoms with Crippen LogP contribution >= 0.6 is 0 Å². The molecule has 0 aromatic carbocycles. The molecule has 11 heteroatoms. The molecule has 1 aliphatic heterocycles. The van der Waals surface area contributed by atoms with Crippen LogP contribution in [0.3, 0.4) is 0 Å². The Labute approximate surface area is 252 Å². The fourth-order valence-corrected chi connectivity index (χ4v) is 4.88. The van der Waals surface area contributed by atoms with Crippen molar-refractivity contribution < 1.29 is 18.0 Å². The Balaban J connectivity index is 1.56. The predicted molar refractivity (Wildman–Crippen MR) is 164 cm³/mol. The predicted octanol–water partition coefficient (Wildman–Crippen LogP) is 5.67. The van der Waals surface area contributed by atoms with Crippen LogP contribution < -0.4 is 16.9 Å². The summed E-state index contributed by atoms with van der Waals surface area (Å²) in [5.41, 5.74) is 9.35. The number of halogens is 3. The van der Waals surface area contributed by atoms with Crippen molar-refractivity contribution >= 4 is 11.6 Å². The lowest BCUT2D eigenvalue weighted by Gasteiger charge is -2.19. The van der Waals surface area contributed by atoms with Crippen molar-refractivity contribution in [2.45, 2.75) is 71.4 Å². The fraction of sp³-hybridized carbons (Fsp3) is 0.469. The second kappa shape index (κ2) is 16.8. The van der Waals surface area contributed by atoms with Gasteiger partial charge in [0.15, 0.2) is 0 Å². The maximum atomic E-state index is 13.9. The highest BCUT2D eigenvalue weighted by molar-refractivity contribution is 5.81. The molecule has 43 heavy (non-hydrogen) atoms. The molecular weight excluding hydrogens is 555 g/mol. The lowest BCUT2D eigenvalue weighted by atomic mass is 9.96. The summed E-state index contributed by atoms with van der Waals surface area (Å²) in [7, 11) is 0. The quantitative estimate of drug-likeness (QED) is 0.152. The average molecular weight is 600 g/mol. The van der Waals surface area contributed by atoms with Crippen LogP contribution in [-0.4, -0.2) is 58.1 Å². The summed E-state index contributed by atoms with van der Waals surface area (Å²) >= 11 is 0. The number of allylic oxidation sites excluding steroid dienone is 7. The first kappa shape index (κ1) is 33.8. The van der Waals surface area contributed by atoms with Gasteiger partial charge in [0.1, 0.15) is 6.33 Å². The molecule has 8 nitrogen and oxygen atoms in total. The summed E-state index contributed by atoms with van der Waals surface area (Å²) in [5, 5.41) is 4.35. The molecule has 2 aliphatic rings. The Morgan fingerprint density at radius 3 is 2.56 bits per heavy atom. The Kier molecular flexibility index (Phi) is 13.2. The van der Waals surface area contributed by atoms with Crippen LogP contribution in [0.4, 0.5) is 13.2 Å². The van der Waals surface area contributed by atoms with Gasteiger partial charge in [0.25, 0.3) is 0 Å². The molecule has 0 bridgehead atoms. The van der Waals surface area contributed by atoms with Crippen LogP contribution in [0.1, 0.15) is 70.8 Å². The van der Waals surface area contributed by atoms with Crippen molar-refractivity contribution in [3.05, 3.63) is 88.9 Å². The third-order valence-corrected chi connectivity index (χ3v) is 7.43. The molecule has 2 heterocycles. The van der Waals surface area contributed by atoms with Gasteiger partial charge < -0.3 is 21.0 Å². The van der Waals surface area contributed by atoms with Gasteiger partial charge in [0.05, 0.1) is 17.7 Å². The van der Waals surface area contributed by atoms with Gasteiger partial charge in [-0.05, 0) is 82.7 Å². The largest absolute Gasteiger partial charge is 0.416 e. The normalized spacial score (nSPS) is 20.0. The van der Waals surface area contributed by atoms with E-state index in [2.05, 4.69) is 20.2 Å². The zero-order chi connectivity index (χ0) is 31.2. The molecule has 5 N–H and O–H groups in total. The summed E-state index contributed by atoms with van der Waals surface area (Å²) in [4.78, 5) is 23.0. The maximum Gasteiger partial charge on any atom is 0.416 e. The minimum Gasteiger partial charge on any atom is -0.397 e. The third kappa shape index (κ3) is 12.2. The lowest BCUT2D eigenvalue weighted by Crippen LogP contribution is -2.27. The lowest BCUT2D eigenvalue weighted by molar-refractivity contribution is -0.119. The SMILES string of the molecule is CC/C(=C\C=C(\C)CCN(N)/C=C(\N)c1cncnc1)NC(=O)CC1=CCC/C(CCN2CCCC2)=C\C(C(F)(F)F)=C/1. The monoisotopic (exact) mass is 599 g/mol. The fourth-order valence-electron chi connectivity index (χ4n) is 4.88. The summed E-state index contributed by atoms with van der Waals surface area (Å²) < 4.78 is 41.6. The average Bonchev–Trinajstić information content (AvgIpc) is 3.48. The molecule has 1 fully saturated rings. The number of likely N-dealkylation sites (tertiary alicyclic amines) is 1. The van der Waals surface area contributed by atoms with Crippen LogP contribution in [0.2, 0.25) is 0 Å². The Bertz CT molecular complexity index is 1260. The van der Waals surface area contributed by atoms with Gasteiger partial charge in [0, 0.05) is 42.9 Å². The summed E-state index contributed by atoms with van der Waals surface area (Å²) in [6.45, 7) is 7.19. The van der Waals surface area contributed by atoms with E-state index in [1.807, 2.05) is 26.0 Å². The number of aromatic nitrogens is 2. The summed E-state index contributed by atoms with van der Waals surface area (Å²) in [5.74, 6) is 5.71. The van der Waals surface area contributed by atoms with Crippen LogP contribution in [-0.2, 0) is 4.79 Å². The number of nitrogens with zero attached hydrogens (tertiary/aromatic N) is 4. The van der Waals surface area contributed by atoms with Gasteiger partial charge in [0.2, 0.25) is 5.91 Å². The number of carbonyl (C=O) groups excluding carboxylic acids is 1. The maximum absolute atomic E-state index is 13.9. The van der Waals surface area contributed by atoms with Crippen molar-refractivity contribution in [1.29, 1.82) is 0 Å². The van der Waals surface area contributed by atoms with E-state index in [9.17, 15) is 18.0 Å². The molecule has 0 saturated carbocycles. The van der Waals surface area contributed by atoms with E-state index < -0.39 is 11.7 Å². The molecule has 234 valence electrons. The smallest absolute Gasteiger partial charge is 0.397 e. The number of alkyl halides is 3. The molecule has 3 rings (SSSR count). The molecule has 0 unspecified atom stereocenters. The van der Waals surface area contributed by atoms with E-state index in [0.717, 1.165) is 49.7 Å². The Hall–Kier alpha value is -3.70. The first-order valence-corrected chi connectivity index (χ1v) is 14.8. The topological polar surface area (TPSA) is 113 Å². The van der Waals surface area contributed by atoms with Crippen LogP contribution in [0.15, 0.2) is 83.3 Å². The summed E-state index contributed by atoms with van der Waals surface area (Å²) in [6, 6.07) is 0. The number of amides is 1.